The van der Waals surface area contributed by atoms with Crippen molar-refractivity contribution in [3.63, 3.8) is 0 Å². The van der Waals surface area contributed by atoms with E-state index in [1.165, 1.54) is 9.36 Å². The summed E-state index contributed by atoms with van der Waals surface area (Å²) in [4.78, 5) is 50.1. The molecule has 0 atom stereocenters. The highest BCUT2D eigenvalue weighted by atomic mass is 16.5. The first-order valence-electron chi connectivity index (χ1n) is 12.0. The van der Waals surface area contributed by atoms with E-state index in [0.717, 1.165) is 0 Å². The van der Waals surface area contributed by atoms with E-state index in [9.17, 15) is 19.2 Å². The maximum atomic E-state index is 12.7. The molecule has 38 heavy (non-hydrogen) atoms. The van der Waals surface area contributed by atoms with E-state index in [0.29, 0.717) is 11.1 Å². The van der Waals surface area contributed by atoms with Crippen molar-refractivity contribution in [1.82, 2.24) is 30.0 Å². The third kappa shape index (κ3) is 6.19. The van der Waals surface area contributed by atoms with Crippen LogP contribution < -0.4 is 0 Å². The lowest BCUT2D eigenvalue weighted by Gasteiger charge is -2.13. The van der Waals surface area contributed by atoms with Crippen molar-refractivity contribution in [2.45, 2.75) is 40.8 Å². The van der Waals surface area contributed by atoms with Crippen molar-refractivity contribution in [2.24, 2.45) is 0 Å². The molecule has 0 aliphatic carbocycles. The molecule has 0 N–H and O–H groups in total. The first-order valence-corrected chi connectivity index (χ1v) is 12.0. The molecule has 0 saturated carbocycles. The van der Waals surface area contributed by atoms with Crippen LogP contribution >= 0.6 is 0 Å². The van der Waals surface area contributed by atoms with Gasteiger partial charge in [-0.2, -0.15) is 0 Å². The Kier molecular flexibility index (Phi) is 9.62. The van der Waals surface area contributed by atoms with Gasteiger partial charge in [-0.25, -0.2) is 28.5 Å². The van der Waals surface area contributed by atoms with Gasteiger partial charge in [-0.15, -0.1) is 10.2 Å². The van der Waals surface area contributed by atoms with Crippen LogP contribution in [0.1, 0.15) is 80.8 Å². The molecule has 14 heteroatoms. The van der Waals surface area contributed by atoms with Crippen molar-refractivity contribution in [3.8, 4) is 0 Å². The van der Waals surface area contributed by atoms with Gasteiger partial charge in [0.25, 0.3) is 0 Å². The summed E-state index contributed by atoms with van der Waals surface area (Å²) in [7, 11) is 0. The van der Waals surface area contributed by atoms with E-state index >= 15 is 0 Å². The number of rotatable bonds is 12. The van der Waals surface area contributed by atoms with Gasteiger partial charge in [0.1, 0.15) is 0 Å². The lowest BCUT2D eigenvalue weighted by atomic mass is 10.1. The van der Waals surface area contributed by atoms with E-state index in [1.807, 2.05) is 0 Å². The molecule has 0 fully saturated rings. The van der Waals surface area contributed by atoms with Gasteiger partial charge in [0, 0.05) is 0 Å². The standard InChI is InChI=1S/C24H28N6O8/c1-5-35-21(31)17-19(23(33)37-7-3)29(27-25-17)13-15-11-9-10-12-16(15)14-30-20(24(34)38-8-4)18(26-28-30)22(32)36-6-2/h9-12H,5-8,13-14H2,1-4H3. The molecule has 14 nitrogen and oxygen atoms in total. The van der Waals surface area contributed by atoms with Crippen LogP contribution in [0.2, 0.25) is 0 Å². The zero-order chi connectivity index (χ0) is 27.7. The Labute approximate surface area is 217 Å². The molecule has 202 valence electrons. The number of aromatic nitrogens is 6. The predicted octanol–water partition coefficient (Wildman–Crippen LogP) is 1.67. The summed E-state index contributed by atoms with van der Waals surface area (Å²) in [5, 5.41) is 15.6. The zero-order valence-corrected chi connectivity index (χ0v) is 21.5. The third-order valence-corrected chi connectivity index (χ3v) is 5.10. The van der Waals surface area contributed by atoms with Crippen LogP contribution in [0.5, 0.6) is 0 Å². The quantitative estimate of drug-likeness (QED) is 0.247. The normalized spacial score (nSPS) is 10.6. The van der Waals surface area contributed by atoms with Crippen LogP contribution in [-0.4, -0.2) is 80.3 Å². The van der Waals surface area contributed by atoms with Gasteiger partial charge in [-0.1, -0.05) is 34.7 Å². The molecular weight excluding hydrogens is 500 g/mol. The molecule has 3 rings (SSSR count). The molecule has 1 aromatic carbocycles. The van der Waals surface area contributed by atoms with E-state index < -0.39 is 23.9 Å². The number of carbonyl (C=O) groups is 4. The maximum Gasteiger partial charge on any atom is 0.361 e. The average molecular weight is 529 g/mol. The highest BCUT2D eigenvalue weighted by Crippen LogP contribution is 2.18. The van der Waals surface area contributed by atoms with Crippen molar-refractivity contribution in [3.05, 3.63) is 58.2 Å². The summed E-state index contributed by atoms with van der Waals surface area (Å²) in [6.07, 6.45) is 0. The number of esters is 4. The van der Waals surface area contributed by atoms with Crippen LogP contribution in [0.15, 0.2) is 24.3 Å². The van der Waals surface area contributed by atoms with E-state index in [-0.39, 0.29) is 62.3 Å². The highest BCUT2D eigenvalue weighted by Gasteiger charge is 2.30. The summed E-state index contributed by atoms with van der Waals surface area (Å²) >= 11 is 0. The monoisotopic (exact) mass is 528 g/mol. The number of hydrogen-bond acceptors (Lipinski definition) is 12. The van der Waals surface area contributed by atoms with Gasteiger partial charge < -0.3 is 18.9 Å². The second-order valence-electron chi connectivity index (χ2n) is 7.54. The molecule has 0 aliphatic rings. The van der Waals surface area contributed by atoms with Crippen molar-refractivity contribution in [2.75, 3.05) is 26.4 Å². The van der Waals surface area contributed by atoms with Crippen LogP contribution in [0, 0.1) is 0 Å². The average Bonchev–Trinajstić information content (AvgIpc) is 3.50. The molecule has 0 bridgehead atoms. The first kappa shape index (κ1) is 28.0. The minimum Gasteiger partial charge on any atom is -0.461 e. The van der Waals surface area contributed by atoms with Crippen molar-refractivity contribution in [1.29, 1.82) is 0 Å². The molecule has 0 spiro atoms. The van der Waals surface area contributed by atoms with Crippen LogP contribution in [0.25, 0.3) is 0 Å². The molecule has 3 aromatic rings. The number of benzene rings is 1. The minimum absolute atomic E-state index is 0.0187. The molecule has 0 unspecified atom stereocenters. The van der Waals surface area contributed by atoms with Crippen LogP contribution in [-0.2, 0) is 32.0 Å². The van der Waals surface area contributed by atoms with E-state index in [2.05, 4.69) is 20.6 Å². The zero-order valence-electron chi connectivity index (χ0n) is 21.5. The van der Waals surface area contributed by atoms with Gasteiger partial charge in [0.2, 0.25) is 11.4 Å². The molecule has 2 heterocycles. The second-order valence-corrected chi connectivity index (χ2v) is 7.54. The van der Waals surface area contributed by atoms with Crippen LogP contribution in [0.3, 0.4) is 0 Å². The fourth-order valence-corrected chi connectivity index (χ4v) is 3.51. The lowest BCUT2D eigenvalue weighted by Crippen LogP contribution is -2.20. The maximum absolute atomic E-state index is 12.7. The minimum atomic E-state index is -0.803. The Morgan fingerprint density at radius 3 is 1.29 bits per heavy atom. The highest BCUT2D eigenvalue weighted by molar-refractivity contribution is 6.01. The third-order valence-electron chi connectivity index (χ3n) is 5.10. The Hall–Kier alpha value is -4.62. The van der Waals surface area contributed by atoms with Gasteiger partial charge in [0.05, 0.1) is 39.5 Å². The number of hydrogen-bond donors (Lipinski definition) is 0. The summed E-state index contributed by atoms with van der Waals surface area (Å²) < 4.78 is 22.7. The Morgan fingerprint density at radius 2 is 0.947 bits per heavy atom. The Balaban J connectivity index is 2.00. The molecular formula is C24H28N6O8. The first-order chi connectivity index (χ1) is 18.4. The predicted molar refractivity (Wildman–Crippen MR) is 129 cm³/mol. The number of carbonyl (C=O) groups excluding carboxylic acids is 4. The molecule has 0 amide bonds. The Morgan fingerprint density at radius 1 is 0.605 bits per heavy atom. The fraction of sp³-hybridized carbons (Fsp3) is 0.417. The largest absolute Gasteiger partial charge is 0.461 e. The smallest absolute Gasteiger partial charge is 0.361 e. The van der Waals surface area contributed by atoms with Crippen LogP contribution in [0.4, 0.5) is 0 Å². The molecule has 0 radical (unpaired) electrons. The van der Waals surface area contributed by atoms with Crippen molar-refractivity contribution >= 4 is 23.9 Å². The molecule has 0 saturated heterocycles. The SMILES string of the molecule is CCOC(=O)c1nnn(Cc2ccccc2Cn2nnc(C(=O)OCC)c2C(=O)OCC)c1C(=O)OCC. The second kappa shape index (κ2) is 13.1. The van der Waals surface area contributed by atoms with Gasteiger partial charge in [-0.05, 0) is 38.8 Å². The summed E-state index contributed by atoms with van der Waals surface area (Å²) in [6.45, 7) is 6.90. The van der Waals surface area contributed by atoms with Crippen molar-refractivity contribution < 1.29 is 38.1 Å². The van der Waals surface area contributed by atoms with Gasteiger partial charge in [0.15, 0.2) is 11.4 Å². The topological polar surface area (TPSA) is 167 Å². The Bertz CT molecular complexity index is 1220. The summed E-state index contributed by atoms with van der Waals surface area (Å²) in [6, 6.07) is 7.07. The van der Waals surface area contributed by atoms with Gasteiger partial charge in [-0.3, -0.25) is 0 Å². The van der Waals surface area contributed by atoms with E-state index in [4.69, 9.17) is 18.9 Å². The molecule has 0 aliphatic heterocycles. The van der Waals surface area contributed by atoms with Gasteiger partial charge >= 0.3 is 23.9 Å². The number of nitrogens with zero attached hydrogens (tertiary/aromatic N) is 6. The van der Waals surface area contributed by atoms with E-state index in [1.54, 1.807) is 52.0 Å². The molecule has 2 aromatic heterocycles. The summed E-state index contributed by atoms with van der Waals surface area (Å²) in [5.74, 6) is -3.16. The number of ether oxygens (including phenoxy) is 4. The lowest BCUT2D eigenvalue weighted by molar-refractivity contribution is 0.0467. The fourth-order valence-electron chi connectivity index (χ4n) is 3.51. The summed E-state index contributed by atoms with van der Waals surface area (Å²) in [5.41, 5.74) is 0.475.